The van der Waals surface area contributed by atoms with Crippen LogP contribution in [0, 0.1) is 5.92 Å². The first kappa shape index (κ1) is 21.1. The molecule has 5 rings (SSSR count). The number of hydrogen-bond donors (Lipinski definition) is 1. The molecule has 9 heteroatoms. The molecule has 3 aliphatic rings. The Morgan fingerprint density at radius 2 is 2.00 bits per heavy atom. The summed E-state index contributed by atoms with van der Waals surface area (Å²) in [4.78, 5) is 27.0. The van der Waals surface area contributed by atoms with E-state index in [1.165, 1.54) is 0 Å². The summed E-state index contributed by atoms with van der Waals surface area (Å²) in [5, 5.41) is 11.3. The van der Waals surface area contributed by atoms with Crippen LogP contribution in [0.25, 0.3) is 0 Å². The van der Waals surface area contributed by atoms with Crippen molar-refractivity contribution in [3.8, 4) is 11.5 Å². The number of fused-ring (bicyclic) bond motifs is 9. The van der Waals surface area contributed by atoms with Crippen LogP contribution in [0.2, 0.25) is 0 Å². The number of aryl methyl sites for hydroxylation is 1. The minimum atomic E-state index is -0.00897. The van der Waals surface area contributed by atoms with Crippen molar-refractivity contribution in [3.05, 3.63) is 35.7 Å². The van der Waals surface area contributed by atoms with E-state index in [4.69, 9.17) is 9.47 Å². The fraction of sp³-hybridized carbons (Fsp3) is 0.545. The van der Waals surface area contributed by atoms with E-state index in [2.05, 4.69) is 15.6 Å². The summed E-state index contributed by atoms with van der Waals surface area (Å²) in [5.41, 5.74) is 1.44. The number of hydrogen-bond acceptors (Lipinski definition) is 6. The van der Waals surface area contributed by atoms with E-state index in [1.807, 2.05) is 11.1 Å². The predicted octanol–water partition coefficient (Wildman–Crippen LogP) is 1.67. The molecule has 0 atom stereocenters. The van der Waals surface area contributed by atoms with E-state index >= 15 is 0 Å². The molecule has 0 saturated carbocycles. The van der Waals surface area contributed by atoms with E-state index in [9.17, 15) is 9.59 Å². The Kier molecular flexibility index (Phi) is 6.69. The molecule has 31 heavy (non-hydrogen) atoms. The first-order chi connectivity index (χ1) is 15.1. The highest BCUT2D eigenvalue weighted by atomic mass is 16.5. The second-order valence-electron chi connectivity index (χ2n) is 8.08. The minimum absolute atomic E-state index is 0.00897. The Morgan fingerprint density at radius 3 is 2.81 bits per heavy atom. The van der Waals surface area contributed by atoms with Crippen LogP contribution >= 0.6 is 0 Å². The van der Waals surface area contributed by atoms with Gasteiger partial charge in [0.25, 0.3) is 5.91 Å². The maximum Gasteiger partial charge on any atom is 0.253 e. The first-order valence-corrected chi connectivity index (χ1v) is 10.9. The number of nitrogens with one attached hydrogen (secondary N) is 1. The van der Waals surface area contributed by atoms with Crippen LogP contribution in [-0.4, -0.2) is 65.1 Å². The Morgan fingerprint density at radius 1 is 1.16 bits per heavy atom. The topological polar surface area (TPSA) is 98.6 Å². The van der Waals surface area contributed by atoms with Crippen LogP contribution in [0.15, 0.2) is 24.4 Å². The van der Waals surface area contributed by atoms with E-state index in [1.54, 1.807) is 30.0 Å². The number of carbonyl (C=O) groups is 2. The first-order valence-electron chi connectivity index (χ1n) is 10.9. The third kappa shape index (κ3) is 5.34. The van der Waals surface area contributed by atoms with Gasteiger partial charge in [-0.1, -0.05) is 5.21 Å². The fourth-order valence-corrected chi connectivity index (χ4v) is 4.03. The van der Waals surface area contributed by atoms with E-state index in [0.717, 1.165) is 25.0 Å². The van der Waals surface area contributed by atoms with Gasteiger partial charge in [0.1, 0.15) is 6.61 Å². The molecule has 9 nitrogen and oxygen atoms in total. The highest BCUT2D eigenvalue weighted by Crippen LogP contribution is 2.29. The molecule has 2 aromatic rings. The third-order valence-electron chi connectivity index (χ3n) is 5.90. The standard InChI is InChI=1S/C22H29N5O4/c1-30-19-6-5-17-13-20(19)31-12-11-27-15-18(24-25-27)3-2-4-21(28)23-14-16-7-9-26(10-8-16)22(17)29/h5-6,13,15-16H,2-4,7-12,14H2,1H3,(H,23,28). The predicted molar refractivity (Wildman–Crippen MR) is 113 cm³/mol. The van der Waals surface area contributed by atoms with E-state index in [0.29, 0.717) is 68.6 Å². The molecule has 0 spiro atoms. The van der Waals surface area contributed by atoms with Crippen molar-refractivity contribution >= 4 is 11.8 Å². The summed E-state index contributed by atoms with van der Waals surface area (Å²) in [6, 6.07) is 5.29. The fourth-order valence-electron chi connectivity index (χ4n) is 4.03. The van der Waals surface area contributed by atoms with Gasteiger partial charge in [0, 0.05) is 37.8 Å². The molecule has 2 amide bonds. The molecule has 0 aliphatic carbocycles. The summed E-state index contributed by atoms with van der Waals surface area (Å²) >= 11 is 0. The number of nitrogens with zero attached hydrogens (tertiary/aromatic N) is 4. The van der Waals surface area contributed by atoms with Gasteiger partial charge in [-0.3, -0.25) is 9.59 Å². The number of aromatic nitrogens is 3. The molecule has 6 bridgehead atoms. The Bertz CT molecular complexity index is 920. The lowest BCUT2D eigenvalue weighted by atomic mass is 9.96. The molecule has 0 unspecified atom stereocenters. The zero-order valence-corrected chi connectivity index (χ0v) is 17.9. The van der Waals surface area contributed by atoms with Crippen LogP contribution in [0.1, 0.15) is 41.7 Å². The number of piperidine rings is 1. The largest absolute Gasteiger partial charge is 0.493 e. The molecule has 3 aliphatic heterocycles. The Labute approximate surface area is 181 Å². The van der Waals surface area contributed by atoms with Crippen LogP contribution in [0.4, 0.5) is 0 Å². The molecule has 1 N–H and O–H groups in total. The summed E-state index contributed by atoms with van der Waals surface area (Å²) in [6.07, 6.45) is 5.57. The van der Waals surface area contributed by atoms with Gasteiger partial charge < -0.3 is 19.7 Å². The lowest BCUT2D eigenvalue weighted by Gasteiger charge is -2.32. The molecule has 0 radical (unpaired) electrons. The molecule has 1 fully saturated rings. The summed E-state index contributed by atoms with van der Waals surface area (Å²) in [6.45, 7) is 2.92. The summed E-state index contributed by atoms with van der Waals surface area (Å²) in [7, 11) is 1.58. The Hall–Kier alpha value is -3.10. The van der Waals surface area contributed by atoms with Crippen LogP contribution < -0.4 is 14.8 Å². The number of ether oxygens (including phenoxy) is 2. The zero-order valence-electron chi connectivity index (χ0n) is 17.9. The number of methoxy groups -OCH3 is 1. The monoisotopic (exact) mass is 427 g/mol. The van der Waals surface area contributed by atoms with Gasteiger partial charge in [0.05, 0.1) is 19.3 Å². The molecule has 166 valence electrons. The average Bonchev–Trinajstić information content (AvgIpc) is 3.24. The van der Waals surface area contributed by atoms with Crippen molar-refractivity contribution in [3.63, 3.8) is 0 Å². The van der Waals surface area contributed by atoms with Crippen LogP contribution in [0.5, 0.6) is 11.5 Å². The maximum atomic E-state index is 13.0. The highest BCUT2D eigenvalue weighted by molar-refractivity contribution is 5.95. The van der Waals surface area contributed by atoms with Crippen LogP contribution in [0.3, 0.4) is 0 Å². The number of benzene rings is 1. The van der Waals surface area contributed by atoms with Gasteiger partial charge in [-0.15, -0.1) is 5.10 Å². The quantitative estimate of drug-likeness (QED) is 0.743. The van der Waals surface area contributed by atoms with Gasteiger partial charge in [-0.25, -0.2) is 4.68 Å². The molecule has 1 saturated heterocycles. The maximum absolute atomic E-state index is 13.0. The molecule has 4 heterocycles. The van der Waals surface area contributed by atoms with E-state index < -0.39 is 0 Å². The van der Waals surface area contributed by atoms with Gasteiger partial charge in [0.2, 0.25) is 5.91 Å². The SMILES string of the molecule is COc1ccc2cc1OCCn1cc(nn1)CCCC(=O)NCC1CCN(CC1)C2=O. The number of carbonyl (C=O) groups excluding carboxylic acids is 2. The molecule has 1 aromatic heterocycles. The van der Waals surface area contributed by atoms with E-state index in [-0.39, 0.29) is 11.8 Å². The number of amides is 2. The van der Waals surface area contributed by atoms with Crippen molar-refractivity contribution in [1.82, 2.24) is 25.2 Å². The molecular formula is C22H29N5O4. The van der Waals surface area contributed by atoms with Gasteiger partial charge in [0.15, 0.2) is 11.5 Å². The number of rotatable bonds is 1. The highest BCUT2D eigenvalue weighted by Gasteiger charge is 2.25. The normalized spacial score (nSPS) is 18.9. The lowest BCUT2D eigenvalue weighted by Crippen LogP contribution is -2.41. The average molecular weight is 428 g/mol. The van der Waals surface area contributed by atoms with Crippen molar-refractivity contribution in [1.29, 1.82) is 0 Å². The van der Waals surface area contributed by atoms with Crippen molar-refractivity contribution in [2.75, 3.05) is 33.4 Å². The van der Waals surface area contributed by atoms with Crippen molar-refractivity contribution < 1.29 is 19.1 Å². The third-order valence-corrected chi connectivity index (χ3v) is 5.90. The van der Waals surface area contributed by atoms with Crippen molar-refractivity contribution in [2.45, 2.75) is 38.6 Å². The van der Waals surface area contributed by atoms with Crippen LogP contribution in [-0.2, 0) is 17.8 Å². The smallest absolute Gasteiger partial charge is 0.253 e. The second-order valence-corrected chi connectivity index (χ2v) is 8.08. The zero-order chi connectivity index (χ0) is 21.6. The van der Waals surface area contributed by atoms with Gasteiger partial charge in [-0.05, 0) is 49.8 Å². The van der Waals surface area contributed by atoms with Crippen molar-refractivity contribution in [2.24, 2.45) is 5.92 Å². The van der Waals surface area contributed by atoms with Gasteiger partial charge in [-0.2, -0.15) is 0 Å². The molecular weight excluding hydrogens is 398 g/mol. The lowest BCUT2D eigenvalue weighted by molar-refractivity contribution is -0.121. The van der Waals surface area contributed by atoms with Gasteiger partial charge >= 0.3 is 0 Å². The Balaban J connectivity index is 1.52. The summed E-state index contributed by atoms with van der Waals surface area (Å²) in [5.74, 6) is 1.59. The molecule has 1 aromatic carbocycles. The summed E-state index contributed by atoms with van der Waals surface area (Å²) < 4.78 is 13.0. The second kappa shape index (κ2) is 9.80. The minimum Gasteiger partial charge on any atom is -0.493 e.